The molecule has 1 aromatic rings. The fourth-order valence-electron chi connectivity index (χ4n) is 2.60. The highest BCUT2D eigenvalue weighted by Crippen LogP contribution is 2.23. The lowest BCUT2D eigenvalue weighted by atomic mass is 9.92. The number of alkyl carbamates (subject to hydrolysis) is 1. The molecule has 1 aliphatic rings. The zero-order valence-corrected chi connectivity index (χ0v) is 13.0. The summed E-state index contributed by atoms with van der Waals surface area (Å²) < 4.78 is 10.7. The normalized spacial score (nSPS) is 30.1. The monoisotopic (exact) mass is 320 g/mol. The van der Waals surface area contributed by atoms with Gasteiger partial charge >= 0.3 is 6.09 Å². The number of nitrogens with one attached hydrogen (secondary N) is 1. The predicted molar refractivity (Wildman–Crippen MR) is 82.5 cm³/mol. The van der Waals surface area contributed by atoms with Crippen LogP contribution in [0.2, 0.25) is 0 Å². The van der Waals surface area contributed by atoms with Gasteiger partial charge in [-0.1, -0.05) is 35.4 Å². The molecule has 0 saturated carbocycles. The van der Waals surface area contributed by atoms with E-state index in [1.54, 1.807) is 13.8 Å². The Bertz CT molecular complexity index is 576. The van der Waals surface area contributed by atoms with Gasteiger partial charge in [0.05, 0.1) is 30.4 Å². The summed E-state index contributed by atoms with van der Waals surface area (Å²) in [5.74, 6) is 0. The van der Waals surface area contributed by atoms with E-state index in [4.69, 9.17) is 15.0 Å². The van der Waals surface area contributed by atoms with Crippen LogP contribution in [0.4, 0.5) is 4.79 Å². The first kappa shape index (κ1) is 17.1. The molecule has 0 bridgehead atoms. The Morgan fingerprint density at radius 1 is 1.39 bits per heavy atom. The van der Waals surface area contributed by atoms with Gasteiger partial charge < -0.3 is 19.9 Å². The molecule has 0 radical (unpaired) electrons. The number of nitrogens with zero attached hydrogens (tertiary/aromatic N) is 3. The number of rotatable bonds is 4. The van der Waals surface area contributed by atoms with Crippen molar-refractivity contribution < 1.29 is 19.4 Å². The van der Waals surface area contributed by atoms with Gasteiger partial charge in [0.2, 0.25) is 0 Å². The number of hydrogen-bond donors (Lipinski definition) is 2. The van der Waals surface area contributed by atoms with Gasteiger partial charge in [-0.15, -0.1) is 0 Å². The second-order valence-electron chi connectivity index (χ2n) is 5.46. The molecule has 1 heterocycles. The molecule has 8 heteroatoms. The molecule has 2 rings (SSSR count). The maximum absolute atomic E-state index is 11.9. The van der Waals surface area contributed by atoms with Crippen LogP contribution in [-0.2, 0) is 16.1 Å². The van der Waals surface area contributed by atoms with Crippen LogP contribution in [0.5, 0.6) is 0 Å². The van der Waals surface area contributed by atoms with Crippen LogP contribution in [0.3, 0.4) is 0 Å². The summed E-state index contributed by atoms with van der Waals surface area (Å²) in [6.45, 7) is 3.57. The summed E-state index contributed by atoms with van der Waals surface area (Å²) in [6.07, 6.45) is -2.58. The number of azide groups is 1. The predicted octanol–water partition coefficient (Wildman–Crippen LogP) is 2.13. The van der Waals surface area contributed by atoms with Gasteiger partial charge in [0.15, 0.2) is 0 Å². The zero-order valence-electron chi connectivity index (χ0n) is 13.0. The summed E-state index contributed by atoms with van der Waals surface area (Å²) in [4.78, 5) is 14.6. The average Bonchev–Trinajstić information content (AvgIpc) is 2.54. The van der Waals surface area contributed by atoms with Crippen molar-refractivity contribution in [3.8, 4) is 0 Å². The van der Waals surface area contributed by atoms with Crippen molar-refractivity contribution in [3.63, 3.8) is 0 Å². The maximum atomic E-state index is 11.9. The second-order valence-corrected chi connectivity index (χ2v) is 5.46. The molecule has 0 spiro atoms. The van der Waals surface area contributed by atoms with Crippen molar-refractivity contribution in [1.82, 2.24) is 5.32 Å². The third-order valence-electron chi connectivity index (χ3n) is 3.82. The number of ether oxygens (including phenoxy) is 2. The van der Waals surface area contributed by atoms with Crippen LogP contribution < -0.4 is 5.32 Å². The highest BCUT2D eigenvalue weighted by Gasteiger charge is 2.42. The molecule has 0 aliphatic carbocycles. The summed E-state index contributed by atoms with van der Waals surface area (Å²) in [5, 5.41) is 16.4. The van der Waals surface area contributed by atoms with Gasteiger partial charge in [-0.25, -0.2) is 4.79 Å². The fourth-order valence-corrected chi connectivity index (χ4v) is 2.60. The second kappa shape index (κ2) is 7.82. The summed E-state index contributed by atoms with van der Waals surface area (Å²) in [7, 11) is 0. The van der Waals surface area contributed by atoms with Gasteiger partial charge in [-0.3, -0.25) is 0 Å². The Kier molecular flexibility index (Phi) is 5.81. The lowest BCUT2D eigenvalue weighted by Crippen LogP contribution is -2.61. The maximum Gasteiger partial charge on any atom is 0.407 e. The average molecular weight is 320 g/mol. The molecule has 1 aromatic carbocycles. The van der Waals surface area contributed by atoms with Crippen molar-refractivity contribution in [2.24, 2.45) is 5.11 Å². The molecular formula is C15H20N4O4. The Balaban J connectivity index is 1.94. The minimum absolute atomic E-state index is 0.126. The van der Waals surface area contributed by atoms with Crippen molar-refractivity contribution >= 4 is 6.09 Å². The van der Waals surface area contributed by atoms with Crippen LogP contribution in [0.15, 0.2) is 35.4 Å². The van der Waals surface area contributed by atoms with Crippen molar-refractivity contribution in [2.45, 2.75) is 50.8 Å². The Hall–Kier alpha value is -2.28. The molecular weight excluding hydrogens is 300 g/mol. The van der Waals surface area contributed by atoms with Crippen molar-refractivity contribution in [3.05, 3.63) is 46.3 Å². The summed E-state index contributed by atoms with van der Waals surface area (Å²) in [6, 6.07) is 7.77. The lowest BCUT2D eigenvalue weighted by Gasteiger charge is -2.41. The SMILES string of the molecule is C[C@@H]1O[C@H](C)[C@H](NC(=O)OCc2ccccc2)[C@H](O)[C@@H]1N=[N+]=[N-]. The minimum Gasteiger partial charge on any atom is -0.445 e. The first-order valence-corrected chi connectivity index (χ1v) is 7.38. The zero-order chi connectivity index (χ0) is 16.8. The van der Waals surface area contributed by atoms with E-state index in [0.29, 0.717) is 0 Å². The molecule has 1 amide bonds. The van der Waals surface area contributed by atoms with E-state index in [0.717, 1.165) is 5.56 Å². The summed E-state index contributed by atoms with van der Waals surface area (Å²) in [5.41, 5.74) is 9.44. The molecule has 2 N–H and O–H groups in total. The van der Waals surface area contributed by atoms with E-state index in [1.807, 2.05) is 30.3 Å². The molecule has 23 heavy (non-hydrogen) atoms. The topological polar surface area (TPSA) is 117 Å². The van der Waals surface area contributed by atoms with Gasteiger partial charge in [0.25, 0.3) is 0 Å². The number of benzene rings is 1. The van der Waals surface area contributed by atoms with Gasteiger partial charge in [-0.05, 0) is 24.9 Å². The number of carbonyl (C=O) groups excluding carboxylic acids is 1. The molecule has 1 aliphatic heterocycles. The first-order chi connectivity index (χ1) is 11.0. The lowest BCUT2D eigenvalue weighted by molar-refractivity contribution is -0.114. The number of amides is 1. The third kappa shape index (κ3) is 4.35. The molecule has 1 saturated heterocycles. The van der Waals surface area contributed by atoms with E-state index in [9.17, 15) is 9.90 Å². The molecule has 0 aromatic heterocycles. The Labute approximate surface area is 134 Å². The van der Waals surface area contributed by atoms with E-state index < -0.39 is 36.5 Å². The summed E-state index contributed by atoms with van der Waals surface area (Å²) >= 11 is 0. The van der Waals surface area contributed by atoms with Crippen molar-refractivity contribution in [1.29, 1.82) is 0 Å². The van der Waals surface area contributed by atoms with Crippen LogP contribution in [-0.4, -0.2) is 41.6 Å². The van der Waals surface area contributed by atoms with E-state index in [1.165, 1.54) is 0 Å². The molecule has 1 fully saturated rings. The third-order valence-corrected chi connectivity index (χ3v) is 3.82. The van der Waals surface area contributed by atoms with E-state index >= 15 is 0 Å². The Morgan fingerprint density at radius 2 is 2.09 bits per heavy atom. The molecule has 5 atom stereocenters. The molecule has 8 nitrogen and oxygen atoms in total. The number of hydrogen-bond acceptors (Lipinski definition) is 5. The van der Waals surface area contributed by atoms with Crippen LogP contribution in [0.25, 0.3) is 10.4 Å². The van der Waals surface area contributed by atoms with Gasteiger partial charge in [0.1, 0.15) is 6.61 Å². The van der Waals surface area contributed by atoms with Gasteiger partial charge in [-0.2, -0.15) is 0 Å². The van der Waals surface area contributed by atoms with Crippen LogP contribution >= 0.6 is 0 Å². The van der Waals surface area contributed by atoms with Crippen LogP contribution in [0.1, 0.15) is 19.4 Å². The Morgan fingerprint density at radius 3 is 2.74 bits per heavy atom. The standard InChI is InChI=1S/C15H20N4O4/c1-9-12(14(20)13(18-19-16)10(2)23-9)17-15(21)22-8-11-6-4-3-5-7-11/h3-7,9-10,12-14,20H,8H2,1-2H3,(H,17,21)/t9-,10+,12+,13-,14+/m1/s1. The molecule has 0 unspecified atom stereocenters. The highest BCUT2D eigenvalue weighted by molar-refractivity contribution is 5.67. The highest BCUT2D eigenvalue weighted by atomic mass is 16.6. The quantitative estimate of drug-likeness (QED) is 0.502. The van der Waals surface area contributed by atoms with Gasteiger partial charge in [0, 0.05) is 4.91 Å². The van der Waals surface area contributed by atoms with E-state index in [-0.39, 0.29) is 6.61 Å². The van der Waals surface area contributed by atoms with E-state index in [2.05, 4.69) is 15.3 Å². The smallest absolute Gasteiger partial charge is 0.407 e. The minimum atomic E-state index is -1.05. The van der Waals surface area contributed by atoms with Crippen molar-refractivity contribution in [2.75, 3.05) is 0 Å². The first-order valence-electron chi connectivity index (χ1n) is 7.38. The fraction of sp³-hybridized carbons (Fsp3) is 0.533. The number of aliphatic hydroxyl groups excluding tert-OH is 1. The number of carbonyl (C=O) groups is 1. The molecule has 124 valence electrons. The van der Waals surface area contributed by atoms with Crippen LogP contribution in [0, 0.1) is 0 Å². The largest absolute Gasteiger partial charge is 0.445 e. The number of aliphatic hydroxyl groups is 1.